The number of unbranched alkanes of at least 4 members (excludes halogenated alkanes) is 1. The highest BCUT2D eigenvalue weighted by Crippen LogP contribution is 2.54. The number of benzene rings is 1. The Morgan fingerprint density at radius 2 is 1.86 bits per heavy atom. The van der Waals surface area contributed by atoms with Crippen LogP contribution in [-0.2, 0) is 28.7 Å². The number of ether oxygens (including phenoxy) is 2. The van der Waals surface area contributed by atoms with Crippen molar-refractivity contribution < 1.29 is 33.8 Å². The quantitative estimate of drug-likeness (QED) is 0.368. The molecule has 0 radical (unpaired) electrons. The lowest BCUT2D eigenvalue weighted by Gasteiger charge is -2.38. The number of aliphatic hydroxyl groups is 1. The van der Waals surface area contributed by atoms with Crippen molar-refractivity contribution in [3.8, 4) is 0 Å². The maximum Gasteiger partial charge on any atom is 0.313 e. The van der Waals surface area contributed by atoms with Crippen LogP contribution < -0.4 is 5.32 Å². The monoisotopic (exact) mass is 593 g/mol. The Morgan fingerprint density at radius 3 is 2.56 bits per heavy atom. The number of carbonyl (C=O) groups excluding carboxylic acids is 4. The summed E-state index contributed by atoms with van der Waals surface area (Å²) in [6.45, 7) is 6.27. The Balaban J connectivity index is 1.61. The van der Waals surface area contributed by atoms with Crippen LogP contribution in [0.4, 0.5) is 0 Å². The topological polar surface area (TPSA) is 125 Å². The highest BCUT2D eigenvalue weighted by molar-refractivity contribution is 5.99. The molecule has 43 heavy (non-hydrogen) atoms. The minimum Gasteiger partial charge on any atom is -0.455 e. The van der Waals surface area contributed by atoms with Gasteiger partial charge in [0, 0.05) is 19.5 Å². The number of fused-ring (bicyclic) bond motifs is 2. The minimum atomic E-state index is -1.42. The number of carbonyl (C=O) groups is 4. The van der Waals surface area contributed by atoms with Crippen molar-refractivity contribution in [2.75, 3.05) is 19.7 Å². The maximum atomic E-state index is 14.5. The second kappa shape index (κ2) is 13.0. The van der Waals surface area contributed by atoms with Gasteiger partial charge >= 0.3 is 5.97 Å². The number of nitrogens with zero attached hydrogens (tertiary/aromatic N) is 2. The molecule has 232 valence electrons. The number of likely N-dealkylation sites (tertiary alicyclic amines) is 1. The number of rotatable bonds is 7. The van der Waals surface area contributed by atoms with Crippen molar-refractivity contribution in [2.45, 2.75) is 88.8 Å². The van der Waals surface area contributed by atoms with Crippen molar-refractivity contribution in [2.24, 2.45) is 11.8 Å². The third-order valence-corrected chi connectivity index (χ3v) is 9.22. The van der Waals surface area contributed by atoms with E-state index >= 15 is 0 Å². The molecule has 2 N–H and O–H groups in total. The van der Waals surface area contributed by atoms with E-state index in [1.54, 1.807) is 30.1 Å². The lowest BCUT2D eigenvalue weighted by molar-refractivity contribution is -0.162. The normalized spacial score (nSPS) is 34.2. The van der Waals surface area contributed by atoms with E-state index in [-0.39, 0.29) is 24.8 Å². The predicted molar refractivity (Wildman–Crippen MR) is 158 cm³/mol. The molecule has 3 amide bonds. The zero-order valence-corrected chi connectivity index (χ0v) is 25.2. The van der Waals surface area contributed by atoms with Crippen molar-refractivity contribution in [3.63, 3.8) is 0 Å². The van der Waals surface area contributed by atoms with Crippen LogP contribution in [0, 0.1) is 11.8 Å². The van der Waals surface area contributed by atoms with Gasteiger partial charge in [0.15, 0.2) is 0 Å². The van der Waals surface area contributed by atoms with Crippen LogP contribution in [0.15, 0.2) is 54.6 Å². The number of nitrogens with one attached hydrogen (secondary N) is 1. The van der Waals surface area contributed by atoms with Crippen molar-refractivity contribution >= 4 is 23.7 Å². The Morgan fingerprint density at radius 1 is 1.09 bits per heavy atom. The molecule has 0 saturated carbocycles. The molecule has 5 rings (SSSR count). The van der Waals surface area contributed by atoms with E-state index in [0.29, 0.717) is 31.5 Å². The maximum absolute atomic E-state index is 14.5. The molecule has 0 bridgehead atoms. The molecule has 8 atom stereocenters. The van der Waals surface area contributed by atoms with Crippen molar-refractivity contribution in [3.05, 3.63) is 60.2 Å². The van der Waals surface area contributed by atoms with Crippen LogP contribution in [0.25, 0.3) is 0 Å². The highest BCUT2D eigenvalue weighted by atomic mass is 16.6. The molecule has 1 aromatic carbocycles. The number of hydrogen-bond acceptors (Lipinski definition) is 7. The molecular weight excluding hydrogens is 550 g/mol. The van der Waals surface area contributed by atoms with E-state index in [4.69, 9.17) is 9.47 Å². The van der Waals surface area contributed by atoms with Crippen LogP contribution in [0.5, 0.6) is 0 Å². The summed E-state index contributed by atoms with van der Waals surface area (Å²) < 4.78 is 12.9. The number of amides is 3. The molecule has 1 aromatic rings. The molecule has 0 aromatic heterocycles. The van der Waals surface area contributed by atoms with Gasteiger partial charge in [0.05, 0.1) is 30.7 Å². The Hall–Kier alpha value is -3.50. The summed E-state index contributed by atoms with van der Waals surface area (Å²) in [5, 5.41) is 13.3. The van der Waals surface area contributed by atoms with Gasteiger partial charge in [-0.15, -0.1) is 0 Å². The first-order chi connectivity index (χ1) is 20.8. The molecule has 2 saturated heterocycles. The predicted octanol–water partition coefficient (Wildman–Crippen LogP) is 2.68. The molecule has 10 heteroatoms. The number of hydrogen-bond donors (Lipinski definition) is 2. The molecule has 4 aliphatic rings. The zero-order chi connectivity index (χ0) is 30.7. The Bertz CT molecular complexity index is 1260. The van der Waals surface area contributed by atoms with Gasteiger partial charge in [-0.2, -0.15) is 0 Å². The SMILES string of the molecule is CCCCN1CC=C[C@@]23O[C@H]4/C=C\CCC(=O)N[C@@H](C)[C@H](c5ccccc5)OC(=O)[C@H]4[C@@H]2C(=O)N([C@@H](CC)CO)[C@H]3C1=O. The average Bonchev–Trinajstić information content (AvgIpc) is 3.39. The molecule has 1 spiro atoms. The van der Waals surface area contributed by atoms with E-state index in [1.165, 1.54) is 4.90 Å². The summed E-state index contributed by atoms with van der Waals surface area (Å²) >= 11 is 0. The molecule has 0 unspecified atom stereocenters. The van der Waals surface area contributed by atoms with E-state index in [9.17, 15) is 24.3 Å². The van der Waals surface area contributed by atoms with Gasteiger partial charge in [-0.1, -0.05) is 74.9 Å². The number of aliphatic hydroxyl groups excluding tert-OH is 1. The number of cyclic esters (lactones) is 1. The van der Waals surface area contributed by atoms with Gasteiger partial charge in [-0.3, -0.25) is 19.2 Å². The molecule has 4 aliphatic heterocycles. The lowest BCUT2D eigenvalue weighted by atomic mass is 9.77. The van der Waals surface area contributed by atoms with Crippen LogP contribution in [0.1, 0.15) is 64.5 Å². The standard InChI is InChI=1S/C33H43N3O7/c1-4-6-18-35-19-12-17-33-27(30(39)36(23(5-2)20-37)29(33)31(35)40)26-24(43-33)15-10-11-16-25(38)34-21(3)28(42-32(26)41)22-13-8-7-9-14-22/h7-10,12-15,17,21,23-24,26-29,37H,4-6,11,16,18-20H2,1-3H3,(H,34,38)/b15-10-/t21-,23-,24-,26+,27+,28+,29-,33+/m0/s1. The molecule has 0 aliphatic carbocycles. The average molecular weight is 594 g/mol. The first-order valence-electron chi connectivity index (χ1n) is 15.6. The Kier molecular flexibility index (Phi) is 9.36. The van der Waals surface area contributed by atoms with Crippen molar-refractivity contribution in [1.82, 2.24) is 15.1 Å². The van der Waals surface area contributed by atoms with Crippen LogP contribution in [0.2, 0.25) is 0 Å². The molecule has 2 fully saturated rings. The first kappa shape index (κ1) is 30.9. The third-order valence-electron chi connectivity index (χ3n) is 9.22. The second-order valence-electron chi connectivity index (χ2n) is 12.0. The van der Waals surface area contributed by atoms with Crippen LogP contribution in [0.3, 0.4) is 0 Å². The van der Waals surface area contributed by atoms with Gasteiger partial charge in [-0.25, -0.2) is 0 Å². The fraction of sp³-hybridized carbons (Fsp3) is 0.576. The summed E-state index contributed by atoms with van der Waals surface area (Å²) in [5.74, 6) is -3.52. The van der Waals surface area contributed by atoms with E-state index in [2.05, 4.69) is 12.2 Å². The summed E-state index contributed by atoms with van der Waals surface area (Å²) in [5.41, 5.74) is -0.709. The van der Waals surface area contributed by atoms with Gasteiger partial charge < -0.3 is 29.7 Å². The van der Waals surface area contributed by atoms with Crippen LogP contribution in [-0.4, -0.2) is 88.1 Å². The summed E-state index contributed by atoms with van der Waals surface area (Å²) in [7, 11) is 0. The summed E-state index contributed by atoms with van der Waals surface area (Å²) in [6.07, 6.45) is 8.30. The molecule has 10 nitrogen and oxygen atoms in total. The smallest absolute Gasteiger partial charge is 0.313 e. The Labute approximate surface area is 253 Å². The zero-order valence-electron chi connectivity index (χ0n) is 25.2. The molecule has 4 heterocycles. The largest absolute Gasteiger partial charge is 0.455 e. The first-order valence-corrected chi connectivity index (χ1v) is 15.6. The van der Waals surface area contributed by atoms with Crippen molar-refractivity contribution in [1.29, 1.82) is 0 Å². The van der Waals surface area contributed by atoms with E-state index in [0.717, 1.165) is 12.8 Å². The lowest BCUT2D eigenvalue weighted by Crippen LogP contribution is -2.58. The van der Waals surface area contributed by atoms with Gasteiger partial charge in [0.2, 0.25) is 17.7 Å². The van der Waals surface area contributed by atoms with E-state index < -0.39 is 59.6 Å². The fourth-order valence-electron chi connectivity index (χ4n) is 7.05. The van der Waals surface area contributed by atoms with Gasteiger partial charge in [0.1, 0.15) is 23.7 Å². The van der Waals surface area contributed by atoms with Gasteiger partial charge in [-0.05, 0) is 31.7 Å². The van der Waals surface area contributed by atoms with Gasteiger partial charge in [0.25, 0.3) is 0 Å². The second-order valence-corrected chi connectivity index (χ2v) is 12.0. The summed E-state index contributed by atoms with van der Waals surface area (Å²) in [4.78, 5) is 58.9. The number of allylic oxidation sites excluding steroid dienone is 1. The van der Waals surface area contributed by atoms with E-state index in [1.807, 2.05) is 43.3 Å². The molecular formula is C33H43N3O7. The minimum absolute atomic E-state index is 0.168. The highest BCUT2D eigenvalue weighted by Gasteiger charge is 2.72. The summed E-state index contributed by atoms with van der Waals surface area (Å²) in [6, 6.07) is 7.01. The van der Waals surface area contributed by atoms with Crippen LogP contribution >= 0.6 is 0 Å². The number of esters is 1. The third kappa shape index (κ3) is 5.62. The fourth-order valence-corrected chi connectivity index (χ4v) is 7.05.